The normalized spacial score (nSPS) is 19.6. The third-order valence-electron chi connectivity index (χ3n) is 5.38. The Labute approximate surface area is 166 Å². The van der Waals surface area contributed by atoms with Gasteiger partial charge in [-0.25, -0.2) is 9.97 Å². The van der Waals surface area contributed by atoms with Crippen molar-refractivity contribution in [3.63, 3.8) is 0 Å². The Hall–Kier alpha value is -1.43. The van der Waals surface area contributed by atoms with Crippen molar-refractivity contribution in [1.29, 1.82) is 0 Å². The van der Waals surface area contributed by atoms with E-state index in [9.17, 15) is 0 Å². The van der Waals surface area contributed by atoms with Crippen LogP contribution in [0.25, 0.3) is 11.4 Å². The van der Waals surface area contributed by atoms with E-state index in [1.165, 1.54) is 37.9 Å². The molecule has 0 spiro atoms. The van der Waals surface area contributed by atoms with Crippen LogP contribution in [0.4, 0.5) is 0 Å². The molecule has 2 aliphatic heterocycles. The van der Waals surface area contributed by atoms with Crippen molar-refractivity contribution < 1.29 is 4.74 Å². The molecule has 0 radical (unpaired) electrons. The Balaban J connectivity index is 1.57. The van der Waals surface area contributed by atoms with Crippen LogP contribution in [0.5, 0.6) is 0 Å². The van der Waals surface area contributed by atoms with Crippen LogP contribution in [0.2, 0.25) is 0 Å². The average molecular weight is 384 g/mol. The fourth-order valence-corrected chi connectivity index (χ4v) is 4.86. The number of hydrogen-bond donors (Lipinski definition) is 0. The van der Waals surface area contributed by atoms with Crippen molar-refractivity contribution in [2.75, 3.05) is 25.4 Å². The lowest BCUT2D eigenvalue weighted by Crippen LogP contribution is -2.33. The number of hydrogen-bond acceptors (Lipinski definition) is 5. The molecule has 0 bridgehead atoms. The van der Waals surface area contributed by atoms with E-state index in [1.54, 1.807) is 0 Å². The van der Waals surface area contributed by atoms with Gasteiger partial charge in [0.1, 0.15) is 5.03 Å². The zero-order valence-corrected chi connectivity index (χ0v) is 17.2. The van der Waals surface area contributed by atoms with Crippen LogP contribution in [0.15, 0.2) is 35.4 Å². The predicted molar refractivity (Wildman–Crippen MR) is 111 cm³/mol. The van der Waals surface area contributed by atoms with Crippen molar-refractivity contribution in [3.05, 3.63) is 41.6 Å². The third kappa shape index (κ3) is 4.71. The Morgan fingerprint density at radius 1 is 1.07 bits per heavy atom. The summed E-state index contributed by atoms with van der Waals surface area (Å²) in [6.07, 6.45) is 4.91. The minimum absolute atomic E-state index is 0.162. The van der Waals surface area contributed by atoms with Crippen molar-refractivity contribution in [1.82, 2.24) is 14.9 Å². The Bertz CT molecular complexity index is 773. The summed E-state index contributed by atoms with van der Waals surface area (Å²) in [5.41, 5.74) is 3.27. The molecule has 5 heteroatoms. The predicted octanol–water partition coefficient (Wildman–Crippen LogP) is 4.57. The van der Waals surface area contributed by atoms with Gasteiger partial charge in [0.15, 0.2) is 5.82 Å². The zero-order chi connectivity index (χ0) is 18.7. The van der Waals surface area contributed by atoms with Crippen molar-refractivity contribution in [2.45, 2.75) is 56.8 Å². The van der Waals surface area contributed by atoms with Crippen molar-refractivity contribution >= 4 is 11.8 Å². The number of rotatable bonds is 5. The number of likely N-dealkylation sites (tertiary alicyclic amines) is 1. The third-order valence-corrected chi connectivity index (χ3v) is 6.38. The molecule has 1 saturated heterocycles. The summed E-state index contributed by atoms with van der Waals surface area (Å²) in [5.74, 6) is 1.91. The first-order valence-corrected chi connectivity index (χ1v) is 11.0. The summed E-state index contributed by atoms with van der Waals surface area (Å²) in [5, 5.41) is 1.10. The van der Waals surface area contributed by atoms with Crippen LogP contribution in [0.1, 0.15) is 44.4 Å². The van der Waals surface area contributed by atoms with Crippen LogP contribution in [-0.4, -0.2) is 45.9 Å². The maximum absolute atomic E-state index is 6.07. The number of aromatic nitrogens is 2. The number of ether oxygens (including phenoxy) is 1. The van der Waals surface area contributed by atoms with E-state index in [-0.39, 0.29) is 5.60 Å². The Morgan fingerprint density at radius 3 is 2.63 bits per heavy atom. The number of thioether (sulfide) groups is 1. The van der Waals surface area contributed by atoms with E-state index >= 15 is 0 Å². The molecule has 144 valence electrons. The lowest BCUT2D eigenvalue weighted by atomic mass is 9.96. The van der Waals surface area contributed by atoms with Gasteiger partial charge in [0.2, 0.25) is 0 Å². The molecule has 4 rings (SSSR count). The molecule has 0 N–H and O–H groups in total. The van der Waals surface area contributed by atoms with E-state index in [4.69, 9.17) is 14.7 Å². The standard InChI is InChI=1S/C22H29N3OS/c1-22(2)15-19-18(16-26-22)21(27-14-13-25-11-7-4-8-12-25)24-20(23-19)17-9-5-3-6-10-17/h3,5-6,9-10H,4,7-8,11-16H2,1-2H3. The summed E-state index contributed by atoms with van der Waals surface area (Å²) >= 11 is 1.86. The molecule has 4 nitrogen and oxygen atoms in total. The molecular weight excluding hydrogens is 354 g/mol. The van der Waals surface area contributed by atoms with Gasteiger partial charge in [-0.05, 0) is 39.8 Å². The smallest absolute Gasteiger partial charge is 0.160 e. The highest BCUT2D eigenvalue weighted by molar-refractivity contribution is 7.99. The van der Waals surface area contributed by atoms with Crippen LogP contribution in [0, 0.1) is 0 Å². The molecule has 0 amide bonds. The monoisotopic (exact) mass is 383 g/mol. The first kappa shape index (κ1) is 18.9. The van der Waals surface area contributed by atoms with Gasteiger partial charge in [0, 0.05) is 29.8 Å². The highest BCUT2D eigenvalue weighted by atomic mass is 32.2. The van der Waals surface area contributed by atoms with Crippen molar-refractivity contribution in [3.8, 4) is 11.4 Å². The lowest BCUT2D eigenvalue weighted by Gasteiger charge is -2.32. The van der Waals surface area contributed by atoms with Gasteiger partial charge >= 0.3 is 0 Å². The van der Waals surface area contributed by atoms with E-state index in [1.807, 2.05) is 30.0 Å². The number of piperidine rings is 1. The first-order chi connectivity index (χ1) is 13.1. The fourth-order valence-electron chi connectivity index (χ4n) is 3.81. The highest BCUT2D eigenvalue weighted by Crippen LogP contribution is 2.34. The van der Waals surface area contributed by atoms with Gasteiger partial charge in [-0.15, -0.1) is 11.8 Å². The molecule has 2 aliphatic rings. The van der Waals surface area contributed by atoms with Crippen molar-refractivity contribution in [2.24, 2.45) is 0 Å². The van der Waals surface area contributed by atoms with Gasteiger partial charge in [0.05, 0.1) is 17.9 Å². The van der Waals surface area contributed by atoms with E-state index in [0.29, 0.717) is 6.61 Å². The van der Waals surface area contributed by atoms with Gasteiger partial charge in [-0.2, -0.15) is 0 Å². The lowest BCUT2D eigenvalue weighted by molar-refractivity contribution is -0.0428. The molecule has 0 aliphatic carbocycles. The maximum Gasteiger partial charge on any atom is 0.160 e. The second-order valence-electron chi connectivity index (χ2n) is 8.12. The number of nitrogens with zero attached hydrogens (tertiary/aromatic N) is 3. The maximum atomic E-state index is 6.07. The molecular formula is C22H29N3OS. The zero-order valence-electron chi connectivity index (χ0n) is 16.4. The van der Waals surface area contributed by atoms with Gasteiger partial charge in [0.25, 0.3) is 0 Å². The minimum Gasteiger partial charge on any atom is -0.370 e. The van der Waals surface area contributed by atoms with Crippen LogP contribution < -0.4 is 0 Å². The largest absolute Gasteiger partial charge is 0.370 e. The van der Waals surface area contributed by atoms with Crippen LogP contribution in [-0.2, 0) is 17.8 Å². The summed E-state index contributed by atoms with van der Waals surface area (Å²) in [6, 6.07) is 10.3. The molecule has 27 heavy (non-hydrogen) atoms. The molecule has 1 aromatic carbocycles. The minimum atomic E-state index is -0.162. The van der Waals surface area contributed by atoms with E-state index < -0.39 is 0 Å². The molecule has 1 aromatic heterocycles. The van der Waals surface area contributed by atoms with Crippen LogP contribution >= 0.6 is 11.8 Å². The Morgan fingerprint density at radius 2 is 1.85 bits per heavy atom. The summed E-state index contributed by atoms with van der Waals surface area (Å²) < 4.78 is 6.07. The second kappa shape index (κ2) is 8.29. The average Bonchev–Trinajstić information content (AvgIpc) is 2.68. The topological polar surface area (TPSA) is 38.2 Å². The van der Waals surface area contributed by atoms with Gasteiger partial charge in [-0.1, -0.05) is 36.8 Å². The van der Waals surface area contributed by atoms with E-state index in [0.717, 1.165) is 40.8 Å². The summed E-state index contributed by atoms with van der Waals surface area (Å²) in [4.78, 5) is 12.4. The molecule has 2 aromatic rings. The number of fused-ring (bicyclic) bond motifs is 1. The first-order valence-electron chi connectivity index (χ1n) is 10.1. The fraction of sp³-hybridized carbons (Fsp3) is 0.545. The molecule has 1 fully saturated rings. The van der Waals surface area contributed by atoms with E-state index in [2.05, 4.69) is 30.9 Å². The summed E-state index contributed by atoms with van der Waals surface area (Å²) in [7, 11) is 0. The van der Waals surface area contributed by atoms with Gasteiger partial charge in [-0.3, -0.25) is 0 Å². The summed E-state index contributed by atoms with van der Waals surface area (Å²) in [6.45, 7) is 8.52. The van der Waals surface area contributed by atoms with Gasteiger partial charge < -0.3 is 9.64 Å². The quantitative estimate of drug-likeness (QED) is 0.558. The number of benzene rings is 1. The molecule has 0 atom stereocenters. The Kier molecular flexibility index (Phi) is 5.81. The molecule has 0 saturated carbocycles. The highest BCUT2D eigenvalue weighted by Gasteiger charge is 2.30. The van der Waals surface area contributed by atoms with Crippen LogP contribution in [0.3, 0.4) is 0 Å². The second-order valence-corrected chi connectivity index (χ2v) is 9.20. The molecule has 0 unspecified atom stereocenters. The molecule has 3 heterocycles. The SMILES string of the molecule is CC1(C)Cc2nc(-c3ccccc3)nc(SCCN3CCCCC3)c2CO1.